The number of carbonyl (C=O) groups is 2. The molecule has 43 heavy (non-hydrogen) atoms. The van der Waals surface area contributed by atoms with Crippen molar-refractivity contribution in [3.8, 4) is 11.5 Å². The Kier molecular flexibility index (Phi) is 6.65. The molecule has 2 fully saturated rings. The van der Waals surface area contributed by atoms with Gasteiger partial charge in [0.05, 0.1) is 13.1 Å². The van der Waals surface area contributed by atoms with Crippen LogP contribution in [-0.2, 0) is 11.8 Å². The summed E-state index contributed by atoms with van der Waals surface area (Å²) in [6.07, 6.45) is 2.03. The standard InChI is InChI=1S/C30H28FN9O3/c1-38-36-26(35-37-38)25(19-5-3-2-4-6-19)39-13-15-40(16-14-39)28(41)23-17-20(9-12-32-23)27-34-22-18-21(7-8-24(22)43-27)33-29(42)30(31)10-11-30/h2-9,12,17-18,25H,10-11,13-16H2,1H3,(H,33,42)/t25-/m0/s1. The van der Waals surface area contributed by atoms with Crippen LogP contribution < -0.4 is 5.32 Å². The van der Waals surface area contributed by atoms with E-state index in [1.54, 1.807) is 48.5 Å². The molecule has 1 aliphatic heterocycles. The Morgan fingerprint density at radius 2 is 1.81 bits per heavy atom. The Labute approximate surface area is 245 Å². The van der Waals surface area contributed by atoms with Gasteiger partial charge in [0.15, 0.2) is 17.1 Å². The first kappa shape index (κ1) is 26.8. The number of aryl methyl sites for hydroxylation is 1. The lowest BCUT2D eigenvalue weighted by Crippen LogP contribution is -2.50. The van der Waals surface area contributed by atoms with Crippen molar-refractivity contribution in [3.05, 3.63) is 83.9 Å². The second-order valence-electron chi connectivity index (χ2n) is 10.8. The second-order valence-corrected chi connectivity index (χ2v) is 10.8. The molecule has 1 N–H and O–H groups in total. The fourth-order valence-electron chi connectivity index (χ4n) is 5.30. The Morgan fingerprint density at radius 1 is 1.02 bits per heavy atom. The molecule has 2 amide bonds. The molecular weight excluding hydrogens is 553 g/mol. The lowest BCUT2D eigenvalue weighted by Gasteiger charge is -2.38. The average molecular weight is 582 g/mol. The molecule has 4 heterocycles. The molecule has 0 unspecified atom stereocenters. The molecule has 0 radical (unpaired) electrons. The SMILES string of the molecule is Cn1nnc([C@H](c2ccccc2)N2CCN(C(=O)c3cc(-c4nc5cc(NC(=O)C6(F)CC6)ccc5o4)ccn3)CC2)n1. The minimum atomic E-state index is -1.77. The fraction of sp³-hybridized carbons (Fsp3) is 0.300. The highest BCUT2D eigenvalue weighted by Crippen LogP contribution is 2.41. The molecule has 5 aromatic rings. The number of hydrogen-bond acceptors (Lipinski definition) is 9. The minimum absolute atomic E-state index is 0.173. The van der Waals surface area contributed by atoms with Crippen LogP contribution in [-0.4, -0.2) is 83.6 Å². The number of aromatic nitrogens is 6. The highest BCUT2D eigenvalue weighted by Gasteiger charge is 2.50. The summed E-state index contributed by atoms with van der Waals surface area (Å²) in [6, 6.07) is 18.2. The molecule has 218 valence electrons. The number of benzene rings is 2. The van der Waals surface area contributed by atoms with Crippen LogP contribution >= 0.6 is 0 Å². The second kappa shape index (κ2) is 10.7. The topological polar surface area (TPSA) is 135 Å². The first-order chi connectivity index (χ1) is 20.9. The van der Waals surface area contributed by atoms with Crippen molar-refractivity contribution in [2.45, 2.75) is 24.6 Å². The normalized spacial score (nSPS) is 17.1. The molecule has 2 aromatic carbocycles. The highest BCUT2D eigenvalue weighted by atomic mass is 19.1. The Morgan fingerprint density at radius 3 is 2.53 bits per heavy atom. The molecule has 0 spiro atoms. The molecule has 2 aliphatic rings. The number of fused-ring (bicyclic) bond motifs is 1. The van der Waals surface area contributed by atoms with Crippen LogP contribution in [0.4, 0.5) is 10.1 Å². The van der Waals surface area contributed by atoms with Crippen LogP contribution in [0.2, 0.25) is 0 Å². The third kappa shape index (κ3) is 5.34. The van der Waals surface area contributed by atoms with E-state index in [0.29, 0.717) is 60.2 Å². The van der Waals surface area contributed by atoms with Gasteiger partial charge in [0.25, 0.3) is 11.8 Å². The van der Waals surface area contributed by atoms with Crippen LogP contribution in [0, 0.1) is 0 Å². The van der Waals surface area contributed by atoms with E-state index in [2.05, 4.69) is 35.6 Å². The average Bonchev–Trinajstić information content (AvgIpc) is 3.43. The summed E-state index contributed by atoms with van der Waals surface area (Å²) in [5.74, 6) is 0.0995. The van der Waals surface area contributed by atoms with Gasteiger partial charge in [-0.25, -0.2) is 9.37 Å². The Hall–Kier alpha value is -5.04. The van der Waals surface area contributed by atoms with Gasteiger partial charge < -0.3 is 14.6 Å². The maximum Gasteiger partial charge on any atom is 0.272 e. The van der Waals surface area contributed by atoms with Gasteiger partial charge in [-0.15, -0.1) is 10.2 Å². The third-order valence-corrected chi connectivity index (χ3v) is 7.82. The number of tetrazole rings is 1. The number of alkyl halides is 1. The van der Waals surface area contributed by atoms with Gasteiger partial charge in [-0.2, -0.15) is 4.80 Å². The van der Waals surface area contributed by atoms with Crippen LogP contribution in [0.1, 0.15) is 40.8 Å². The van der Waals surface area contributed by atoms with Crippen LogP contribution in [0.15, 0.2) is 71.3 Å². The zero-order valence-corrected chi connectivity index (χ0v) is 23.4. The Bertz CT molecular complexity index is 1810. The first-order valence-corrected chi connectivity index (χ1v) is 14.1. The number of oxazole rings is 1. The van der Waals surface area contributed by atoms with Gasteiger partial charge in [0, 0.05) is 43.6 Å². The lowest BCUT2D eigenvalue weighted by molar-refractivity contribution is -0.122. The van der Waals surface area contributed by atoms with E-state index in [-0.39, 0.29) is 30.5 Å². The molecule has 7 rings (SSSR count). The van der Waals surface area contributed by atoms with E-state index in [9.17, 15) is 14.0 Å². The summed E-state index contributed by atoms with van der Waals surface area (Å²) >= 11 is 0. The zero-order valence-electron chi connectivity index (χ0n) is 23.4. The van der Waals surface area contributed by atoms with Crippen molar-refractivity contribution in [3.63, 3.8) is 0 Å². The van der Waals surface area contributed by atoms with Gasteiger partial charge >= 0.3 is 0 Å². The third-order valence-electron chi connectivity index (χ3n) is 7.82. The molecule has 1 saturated carbocycles. The van der Waals surface area contributed by atoms with Gasteiger partial charge in [0.2, 0.25) is 5.89 Å². The predicted molar refractivity (Wildman–Crippen MR) is 154 cm³/mol. The number of carbonyl (C=O) groups excluding carboxylic acids is 2. The van der Waals surface area contributed by atoms with E-state index < -0.39 is 11.6 Å². The van der Waals surface area contributed by atoms with E-state index in [0.717, 1.165) is 5.56 Å². The molecule has 0 bridgehead atoms. The van der Waals surface area contributed by atoms with Crippen molar-refractivity contribution >= 4 is 28.6 Å². The van der Waals surface area contributed by atoms with E-state index in [1.807, 2.05) is 30.3 Å². The number of halogens is 1. The van der Waals surface area contributed by atoms with Crippen molar-refractivity contribution in [1.29, 1.82) is 0 Å². The Balaban J connectivity index is 1.05. The molecule has 3 aromatic heterocycles. The lowest BCUT2D eigenvalue weighted by atomic mass is 10.0. The number of piperazine rings is 1. The van der Waals surface area contributed by atoms with Crippen molar-refractivity contribution in [2.24, 2.45) is 7.05 Å². The summed E-state index contributed by atoms with van der Waals surface area (Å²) in [5, 5.41) is 15.4. The number of amides is 2. The number of anilines is 1. The molecule has 1 atom stereocenters. The summed E-state index contributed by atoms with van der Waals surface area (Å²) in [6.45, 7) is 2.26. The smallest absolute Gasteiger partial charge is 0.272 e. The number of nitrogens with zero attached hydrogens (tertiary/aromatic N) is 8. The molecule has 13 heteroatoms. The van der Waals surface area contributed by atoms with Crippen molar-refractivity contribution < 1.29 is 18.4 Å². The maximum atomic E-state index is 14.1. The largest absolute Gasteiger partial charge is 0.436 e. The van der Waals surface area contributed by atoms with Gasteiger partial charge in [-0.3, -0.25) is 19.5 Å². The number of pyridine rings is 1. The number of nitrogens with one attached hydrogen (secondary N) is 1. The molecule has 1 aliphatic carbocycles. The van der Waals surface area contributed by atoms with Crippen LogP contribution in [0.5, 0.6) is 0 Å². The molecule has 12 nitrogen and oxygen atoms in total. The molecule has 1 saturated heterocycles. The maximum absolute atomic E-state index is 14.1. The van der Waals surface area contributed by atoms with Crippen LogP contribution in [0.3, 0.4) is 0 Å². The summed E-state index contributed by atoms with van der Waals surface area (Å²) in [7, 11) is 1.74. The minimum Gasteiger partial charge on any atom is -0.436 e. The van der Waals surface area contributed by atoms with Gasteiger partial charge in [-0.1, -0.05) is 30.3 Å². The van der Waals surface area contributed by atoms with Crippen LogP contribution in [0.25, 0.3) is 22.6 Å². The van der Waals surface area contributed by atoms with E-state index in [4.69, 9.17) is 4.42 Å². The first-order valence-electron chi connectivity index (χ1n) is 14.1. The molecular formula is C30H28FN9O3. The summed E-state index contributed by atoms with van der Waals surface area (Å²) in [5.41, 5.74) is 1.62. The van der Waals surface area contributed by atoms with E-state index >= 15 is 0 Å². The number of hydrogen-bond donors (Lipinski definition) is 1. The van der Waals surface area contributed by atoms with Crippen molar-refractivity contribution in [2.75, 3.05) is 31.5 Å². The summed E-state index contributed by atoms with van der Waals surface area (Å²) < 4.78 is 20.0. The number of rotatable bonds is 7. The summed E-state index contributed by atoms with van der Waals surface area (Å²) in [4.78, 5) is 39.9. The quantitative estimate of drug-likeness (QED) is 0.307. The van der Waals surface area contributed by atoms with E-state index in [1.165, 1.54) is 4.80 Å². The van der Waals surface area contributed by atoms with Gasteiger partial charge in [-0.05, 0) is 54.0 Å². The zero-order chi connectivity index (χ0) is 29.6. The highest BCUT2D eigenvalue weighted by molar-refractivity contribution is 6.00. The van der Waals surface area contributed by atoms with Crippen molar-refractivity contribution in [1.82, 2.24) is 40.0 Å². The predicted octanol–water partition coefficient (Wildman–Crippen LogP) is 3.40. The fourth-order valence-corrected chi connectivity index (χ4v) is 5.30. The van der Waals surface area contributed by atoms with Gasteiger partial charge in [0.1, 0.15) is 11.2 Å². The monoisotopic (exact) mass is 581 g/mol.